The van der Waals surface area contributed by atoms with E-state index < -0.39 is 0 Å². The van der Waals surface area contributed by atoms with Crippen molar-refractivity contribution in [1.29, 1.82) is 0 Å². The van der Waals surface area contributed by atoms with Crippen molar-refractivity contribution in [2.24, 2.45) is 0 Å². The van der Waals surface area contributed by atoms with Crippen LogP contribution in [0.1, 0.15) is 0 Å². The van der Waals surface area contributed by atoms with E-state index in [1.807, 2.05) is 54.6 Å². The minimum Gasteiger partial charge on any atom is -0.455 e. The molecule has 0 N–H and O–H groups in total. The summed E-state index contributed by atoms with van der Waals surface area (Å²) in [6, 6.07) is 61.9. The summed E-state index contributed by atoms with van der Waals surface area (Å²) in [5.41, 5.74) is 11.2. The average molecular weight is 728 g/mol. The van der Waals surface area contributed by atoms with Crippen molar-refractivity contribution < 1.29 is 4.42 Å². The Morgan fingerprint density at radius 1 is 0.386 bits per heavy atom. The fourth-order valence-electron chi connectivity index (χ4n) is 9.30. The number of furan rings is 1. The van der Waals surface area contributed by atoms with Gasteiger partial charge < -0.3 is 13.4 Å². The molecule has 0 aliphatic rings. The molecule has 0 radical (unpaired) electrons. The maximum atomic E-state index is 6.49. The maximum Gasteiger partial charge on any atom is 0.167 e. The third kappa shape index (κ3) is 4.21. The average Bonchev–Trinajstić information content (AvgIpc) is 4.02. The summed E-state index contributed by atoms with van der Waals surface area (Å²) in [7, 11) is 0. The standard InChI is InChI=1S/C51H29N5O/c1-2-13-30(14-3-1)49-52-50(54-51(53-49)40-22-11-20-37-34-16-6-9-26-45(34)57-48(37)40)39-21-12-25-43-46(39)38-17-5-8-24-42(38)55(43)31-27-28-33-36-19-10-18-35-32-15-4-7-23-41(32)56(47(35)36)44(33)29-31/h1-29H. The highest BCUT2D eigenvalue weighted by Crippen LogP contribution is 2.43. The van der Waals surface area contributed by atoms with Crippen LogP contribution in [-0.2, 0) is 0 Å². The second-order valence-corrected chi connectivity index (χ2v) is 14.8. The molecular weight excluding hydrogens is 699 g/mol. The second-order valence-electron chi connectivity index (χ2n) is 14.8. The lowest BCUT2D eigenvalue weighted by atomic mass is 10.0. The van der Waals surface area contributed by atoms with Crippen molar-refractivity contribution >= 4 is 81.8 Å². The van der Waals surface area contributed by atoms with Crippen LogP contribution in [0.3, 0.4) is 0 Å². The van der Waals surface area contributed by atoms with Gasteiger partial charge in [0.15, 0.2) is 17.5 Å². The summed E-state index contributed by atoms with van der Waals surface area (Å²) in [6.07, 6.45) is 0. The first-order valence-electron chi connectivity index (χ1n) is 19.2. The van der Waals surface area contributed by atoms with Crippen LogP contribution < -0.4 is 0 Å². The highest BCUT2D eigenvalue weighted by Gasteiger charge is 2.23. The zero-order valence-corrected chi connectivity index (χ0v) is 30.4. The first kappa shape index (κ1) is 30.5. The molecule has 0 spiro atoms. The SMILES string of the molecule is c1ccc(-c2nc(-c3cccc4c3oc3ccccc34)nc(-c3cccc4c3c3ccccc3n4-c3ccc4c5cccc6c7ccccc7n(c4c3)c65)n2)cc1. The Morgan fingerprint density at radius 3 is 1.84 bits per heavy atom. The van der Waals surface area contributed by atoms with E-state index in [0.29, 0.717) is 17.5 Å². The van der Waals surface area contributed by atoms with Crippen LogP contribution >= 0.6 is 0 Å². The monoisotopic (exact) mass is 727 g/mol. The number of hydrogen-bond donors (Lipinski definition) is 0. The van der Waals surface area contributed by atoms with Gasteiger partial charge in [0, 0.05) is 59.9 Å². The van der Waals surface area contributed by atoms with E-state index in [1.54, 1.807) is 0 Å². The molecule has 0 atom stereocenters. The Balaban J connectivity index is 1.08. The molecule has 5 heterocycles. The first-order chi connectivity index (χ1) is 28.3. The fourth-order valence-corrected chi connectivity index (χ4v) is 9.30. The predicted molar refractivity (Wildman–Crippen MR) is 232 cm³/mol. The van der Waals surface area contributed by atoms with E-state index in [9.17, 15) is 0 Å². The molecule has 264 valence electrons. The summed E-state index contributed by atoms with van der Waals surface area (Å²) in [5, 5.41) is 9.38. The lowest BCUT2D eigenvalue weighted by Crippen LogP contribution is -2.01. The smallest absolute Gasteiger partial charge is 0.167 e. The van der Waals surface area contributed by atoms with Crippen molar-refractivity contribution in [2.75, 3.05) is 0 Å². The van der Waals surface area contributed by atoms with Gasteiger partial charge in [0.05, 0.1) is 33.1 Å². The molecule has 0 aliphatic heterocycles. The summed E-state index contributed by atoms with van der Waals surface area (Å²) in [4.78, 5) is 15.6. The van der Waals surface area contributed by atoms with E-state index in [4.69, 9.17) is 19.4 Å². The molecule has 0 unspecified atom stereocenters. The minimum absolute atomic E-state index is 0.563. The van der Waals surface area contributed by atoms with Gasteiger partial charge in [-0.1, -0.05) is 133 Å². The molecule has 13 rings (SSSR count). The largest absolute Gasteiger partial charge is 0.455 e. The highest BCUT2D eigenvalue weighted by molar-refractivity contribution is 6.23. The summed E-state index contributed by atoms with van der Waals surface area (Å²) in [6.45, 7) is 0. The van der Waals surface area contributed by atoms with Gasteiger partial charge in [-0.3, -0.25) is 0 Å². The number of hydrogen-bond acceptors (Lipinski definition) is 4. The van der Waals surface area contributed by atoms with Gasteiger partial charge >= 0.3 is 0 Å². The molecule has 5 aromatic heterocycles. The fraction of sp³-hybridized carbons (Fsp3) is 0. The molecule has 57 heavy (non-hydrogen) atoms. The number of aromatic nitrogens is 5. The van der Waals surface area contributed by atoms with Crippen LogP contribution in [0.2, 0.25) is 0 Å². The molecule has 6 heteroatoms. The number of rotatable bonds is 4. The molecule has 0 saturated heterocycles. The van der Waals surface area contributed by atoms with E-state index in [-0.39, 0.29) is 0 Å². The minimum atomic E-state index is 0.563. The van der Waals surface area contributed by atoms with Gasteiger partial charge in [0.2, 0.25) is 0 Å². The van der Waals surface area contributed by atoms with E-state index in [2.05, 4.69) is 130 Å². The van der Waals surface area contributed by atoms with Crippen molar-refractivity contribution in [1.82, 2.24) is 23.9 Å². The van der Waals surface area contributed by atoms with Crippen molar-refractivity contribution in [2.45, 2.75) is 0 Å². The molecule has 8 aromatic carbocycles. The van der Waals surface area contributed by atoms with Gasteiger partial charge in [0.1, 0.15) is 11.2 Å². The summed E-state index contributed by atoms with van der Waals surface area (Å²) < 4.78 is 11.3. The predicted octanol–water partition coefficient (Wildman–Crippen LogP) is 13.0. The van der Waals surface area contributed by atoms with E-state index in [0.717, 1.165) is 66.1 Å². The molecular formula is C51H29N5O. The van der Waals surface area contributed by atoms with Crippen LogP contribution in [0.25, 0.3) is 122 Å². The van der Waals surface area contributed by atoms with Gasteiger partial charge in [-0.25, -0.2) is 15.0 Å². The molecule has 13 aromatic rings. The Bertz CT molecular complexity index is 3760. The van der Waals surface area contributed by atoms with Crippen LogP contribution in [-0.4, -0.2) is 23.9 Å². The summed E-state index contributed by atoms with van der Waals surface area (Å²) >= 11 is 0. The van der Waals surface area contributed by atoms with Crippen molar-refractivity contribution in [3.8, 4) is 39.9 Å². The zero-order chi connectivity index (χ0) is 37.2. The van der Waals surface area contributed by atoms with Gasteiger partial charge in [-0.15, -0.1) is 0 Å². The van der Waals surface area contributed by atoms with E-state index in [1.165, 1.54) is 38.1 Å². The van der Waals surface area contributed by atoms with Gasteiger partial charge in [-0.2, -0.15) is 0 Å². The number of para-hydroxylation sites is 5. The lowest BCUT2D eigenvalue weighted by molar-refractivity contribution is 0.669. The second kappa shape index (κ2) is 11.4. The van der Waals surface area contributed by atoms with E-state index >= 15 is 0 Å². The molecule has 0 amide bonds. The van der Waals surface area contributed by atoms with Crippen LogP contribution in [0, 0.1) is 0 Å². The topological polar surface area (TPSA) is 61.2 Å². The maximum absolute atomic E-state index is 6.49. The van der Waals surface area contributed by atoms with Gasteiger partial charge in [0.25, 0.3) is 0 Å². The molecule has 0 saturated carbocycles. The molecule has 0 bridgehead atoms. The van der Waals surface area contributed by atoms with Gasteiger partial charge in [-0.05, 0) is 42.5 Å². The summed E-state index contributed by atoms with van der Waals surface area (Å²) in [5.74, 6) is 1.77. The molecule has 6 nitrogen and oxygen atoms in total. The third-order valence-electron chi connectivity index (χ3n) is 11.7. The normalized spacial score (nSPS) is 12.2. The number of nitrogens with zero attached hydrogens (tertiary/aromatic N) is 5. The Kier molecular flexibility index (Phi) is 6.07. The third-order valence-corrected chi connectivity index (χ3v) is 11.7. The Labute approximate surface area is 324 Å². The van der Waals surface area contributed by atoms with Crippen molar-refractivity contribution in [3.63, 3.8) is 0 Å². The van der Waals surface area contributed by atoms with Crippen LogP contribution in [0.5, 0.6) is 0 Å². The Hall–Kier alpha value is -7.83. The van der Waals surface area contributed by atoms with Crippen LogP contribution in [0.15, 0.2) is 180 Å². The van der Waals surface area contributed by atoms with Crippen LogP contribution in [0.4, 0.5) is 0 Å². The Morgan fingerprint density at radius 2 is 0.982 bits per heavy atom. The molecule has 0 fully saturated rings. The number of fused-ring (bicyclic) bond motifs is 12. The lowest BCUT2D eigenvalue weighted by Gasteiger charge is -2.11. The quantitative estimate of drug-likeness (QED) is 0.181. The van der Waals surface area contributed by atoms with Crippen molar-refractivity contribution in [3.05, 3.63) is 176 Å². The first-order valence-corrected chi connectivity index (χ1v) is 19.2. The zero-order valence-electron chi connectivity index (χ0n) is 30.4. The number of benzene rings is 8. The highest BCUT2D eigenvalue weighted by atomic mass is 16.3. The molecule has 0 aliphatic carbocycles.